The summed E-state index contributed by atoms with van der Waals surface area (Å²) in [6.45, 7) is 15.8. The quantitative estimate of drug-likeness (QED) is 0.131. The SMILES string of the molecule is CC(CO)NC(=O)c1coc(-c2coc(-c3coc(-c4cc(Br)cc(C(C)(C)C)n4)n3)n2)n1.Cc1coc(-c2coc(-c3coc(-c4coc(-c5cc(Br)cc(C(C)(C)C)n5)n4)n3)n2)n1.O=C=O.O=C=O.O=C=O.O=C=O. The van der Waals surface area contributed by atoms with Crippen molar-refractivity contribution in [3.63, 3.8) is 0 Å². The van der Waals surface area contributed by atoms with Gasteiger partial charge >= 0.3 is 24.6 Å². The second-order valence-corrected chi connectivity index (χ2v) is 18.9. The Morgan fingerprint density at radius 1 is 0.481 bits per heavy atom. The zero-order valence-corrected chi connectivity index (χ0v) is 44.6. The van der Waals surface area contributed by atoms with Crippen molar-refractivity contribution in [2.45, 2.75) is 72.3 Å². The summed E-state index contributed by atoms with van der Waals surface area (Å²) in [6, 6.07) is 7.21. The third-order valence-corrected chi connectivity index (χ3v) is 10.1. The van der Waals surface area contributed by atoms with Gasteiger partial charge in [-0.15, -0.1) is 0 Å². The average Bonchev–Trinajstić information content (AvgIpc) is 4.23. The van der Waals surface area contributed by atoms with Crippen LogP contribution in [0.1, 0.15) is 76.0 Å². The highest BCUT2D eigenvalue weighted by Crippen LogP contribution is 2.33. The number of aliphatic hydroxyl groups is 1. The third kappa shape index (κ3) is 17.1. The van der Waals surface area contributed by atoms with Gasteiger partial charge in [-0.3, -0.25) is 4.79 Å². The summed E-state index contributed by atoms with van der Waals surface area (Å²) in [5.41, 5.74) is 5.52. The number of rotatable bonds is 10. The van der Waals surface area contributed by atoms with Crippen LogP contribution >= 0.6 is 31.9 Å². The zero-order valence-electron chi connectivity index (χ0n) is 41.4. The van der Waals surface area contributed by atoms with Crippen molar-refractivity contribution in [2.24, 2.45) is 0 Å². The van der Waals surface area contributed by atoms with Crippen LogP contribution in [0.5, 0.6) is 0 Å². The smallest absolute Gasteiger partial charge is 0.373 e. The summed E-state index contributed by atoms with van der Waals surface area (Å²) in [5, 5.41) is 11.7. The van der Waals surface area contributed by atoms with Crippen molar-refractivity contribution in [1.82, 2.24) is 50.2 Å². The number of hydrogen-bond donors (Lipinski definition) is 2. The van der Waals surface area contributed by atoms with Crippen molar-refractivity contribution in [3.05, 3.63) is 99.8 Å². The number of aromatic nitrogens is 9. The number of carbonyl (C=O) groups excluding carboxylic acids is 9. The maximum Gasteiger partial charge on any atom is 0.373 e. The number of nitrogens with one attached hydrogen (secondary N) is 1. The molecule has 0 aliphatic rings. The Morgan fingerprint density at radius 3 is 1.06 bits per heavy atom. The molecule has 0 bridgehead atoms. The topological polar surface area (TPSA) is 394 Å². The fraction of sp³-hybridized carbons (Fsp3) is 0.250. The van der Waals surface area contributed by atoms with Crippen LogP contribution in [0.25, 0.3) is 81.1 Å². The molecule has 1 amide bonds. The van der Waals surface area contributed by atoms with Gasteiger partial charge in [0, 0.05) is 37.2 Å². The lowest BCUT2D eigenvalue weighted by molar-refractivity contribution is -0.193. The van der Waals surface area contributed by atoms with Gasteiger partial charge in [0.05, 0.1) is 12.3 Å². The maximum absolute atomic E-state index is 12.1. The first-order chi connectivity index (χ1) is 36.5. The number of nitrogens with zero attached hydrogens (tertiary/aromatic N) is 9. The monoisotopic (exact) mass is 1190 g/mol. The number of hydrogen-bond acceptors (Lipinski definition) is 26. The van der Waals surface area contributed by atoms with E-state index in [1.54, 1.807) is 13.2 Å². The lowest BCUT2D eigenvalue weighted by Crippen LogP contribution is -2.35. The van der Waals surface area contributed by atoms with Crippen molar-refractivity contribution < 1.29 is 79.2 Å². The van der Waals surface area contributed by atoms with Gasteiger partial charge < -0.3 is 41.3 Å². The number of amides is 1. The fourth-order valence-electron chi connectivity index (χ4n) is 5.74. The van der Waals surface area contributed by atoms with Gasteiger partial charge in [0.25, 0.3) is 5.91 Å². The van der Waals surface area contributed by atoms with Crippen molar-refractivity contribution >= 4 is 62.4 Å². The predicted octanol–water partition coefficient (Wildman–Crippen LogP) is 7.95. The van der Waals surface area contributed by atoms with E-state index in [1.807, 2.05) is 31.2 Å². The second-order valence-electron chi connectivity index (χ2n) is 17.0. The van der Waals surface area contributed by atoms with Crippen LogP contribution in [-0.2, 0) is 49.2 Å². The van der Waals surface area contributed by atoms with Gasteiger partial charge in [0.2, 0.25) is 41.2 Å². The Hall–Kier alpha value is -9.32. The Morgan fingerprint density at radius 2 is 0.766 bits per heavy atom. The molecule has 1 atom stereocenters. The lowest BCUT2D eigenvalue weighted by Gasteiger charge is -2.18. The molecule has 9 aromatic rings. The minimum absolute atomic E-state index is 0.0638. The Balaban J connectivity index is 0.000000276. The van der Waals surface area contributed by atoms with E-state index in [9.17, 15) is 4.79 Å². The molecule has 9 rings (SSSR count). The Kier molecular flexibility index (Phi) is 21.8. The molecule has 0 saturated carbocycles. The summed E-state index contributed by atoms with van der Waals surface area (Å²) in [5.74, 6) is 1.45. The average molecular weight is 1190 g/mol. The number of halogens is 2. The van der Waals surface area contributed by atoms with Crippen molar-refractivity contribution in [3.8, 4) is 81.1 Å². The van der Waals surface area contributed by atoms with E-state index < -0.39 is 11.9 Å². The second kappa shape index (κ2) is 27.8. The summed E-state index contributed by atoms with van der Waals surface area (Å²) in [6.07, 6.45) is 10.9. The molecular weight excluding hydrogens is 1150 g/mol. The summed E-state index contributed by atoms with van der Waals surface area (Å²) in [7, 11) is 0. The molecule has 0 aromatic carbocycles. The van der Waals surface area contributed by atoms with Gasteiger partial charge in [-0.2, -0.15) is 38.4 Å². The third-order valence-electron chi connectivity index (χ3n) is 9.18. The molecule has 398 valence electrons. The van der Waals surface area contributed by atoms with E-state index in [1.165, 1.54) is 37.6 Å². The number of aliphatic hydroxyl groups excluding tert-OH is 1. The van der Waals surface area contributed by atoms with E-state index >= 15 is 0 Å². The minimum atomic E-state index is -0.465. The molecule has 9 heterocycles. The van der Waals surface area contributed by atoms with Crippen molar-refractivity contribution in [1.29, 1.82) is 0 Å². The van der Waals surface area contributed by atoms with Gasteiger partial charge in [-0.25, -0.2) is 44.9 Å². The first-order valence-corrected chi connectivity index (χ1v) is 23.1. The lowest BCUT2D eigenvalue weighted by atomic mass is 9.91. The van der Waals surface area contributed by atoms with Gasteiger partial charge in [0.15, 0.2) is 34.2 Å². The van der Waals surface area contributed by atoms with Crippen LogP contribution in [0.15, 0.2) is 108 Å². The summed E-state index contributed by atoms with van der Waals surface area (Å²) >= 11 is 7.05. The number of aryl methyl sites for hydroxylation is 1. The van der Waals surface area contributed by atoms with E-state index in [0.717, 1.165) is 26.0 Å². The highest BCUT2D eigenvalue weighted by atomic mass is 79.9. The van der Waals surface area contributed by atoms with E-state index in [2.05, 4.69) is 119 Å². The highest BCUT2D eigenvalue weighted by molar-refractivity contribution is 9.10. The zero-order chi connectivity index (χ0) is 57.0. The van der Waals surface area contributed by atoms with E-state index in [4.69, 9.17) is 79.4 Å². The standard InChI is InChI=1S/C22H22BrN5O5.C22H18BrN5O4.4CO2/c1-11(7-29)24-18(30)14-8-31-20(26-14)15-10-33-21(28-15)16-9-32-19(27-16)13-5-12(23)6-17(25-13)22(2,3)4;1-11-7-29-19(24-11)14-8-31-21(27-14)16-10-32-20(28-16)15-9-30-18(26-15)13-5-12(23)6-17(25-13)22(2,3)4;4*2-1-3/h5-6,8-11,29H,7H2,1-4H3,(H,24,30);5-10H,1-4H3;;;;. The van der Waals surface area contributed by atoms with Crippen LogP contribution in [-0.4, -0.2) is 93.1 Å². The molecule has 0 fully saturated rings. The molecule has 1 unspecified atom stereocenters. The van der Waals surface area contributed by atoms with Crippen LogP contribution in [0.2, 0.25) is 0 Å². The molecule has 9 aromatic heterocycles. The first-order valence-electron chi connectivity index (χ1n) is 21.5. The summed E-state index contributed by atoms with van der Waals surface area (Å²) in [4.78, 5) is 117. The van der Waals surface area contributed by atoms with Gasteiger partial charge in [-0.05, 0) is 38.1 Å². The molecule has 0 radical (unpaired) electrons. The van der Waals surface area contributed by atoms with Crippen LogP contribution in [0.4, 0.5) is 0 Å². The van der Waals surface area contributed by atoms with Crippen molar-refractivity contribution in [2.75, 3.05) is 6.61 Å². The van der Waals surface area contributed by atoms with Crippen LogP contribution in [0, 0.1) is 6.92 Å². The normalized spacial score (nSPS) is 10.8. The predicted molar refractivity (Wildman–Crippen MR) is 259 cm³/mol. The first kappa shape index (κ1) is 60.2. The molecule has 29 heteroatoms. The van der Waals surface area contributed by atoms with Crippen LogP contribution in [0.3, 0.4) is 0 Å². The largest absolute Gasteiger partial charge is 0.443 e. The molecule has 2 N–H and O–H groups in total. The summed E-state index contributed by atoms with van der Waals surface area (Å²) < 4.78 is 40.3. The molecular formula is C48H40Br2N10O17. The number of carbonyl (C=O) groups is 1. The molecule has 0 spiro atoms. The molecule has 0 saturated heterocycles. The van der Waals surface area contributed by atoms with Gasteiger partial charge in [-0.1, -0.05) is 73.4 Å². The maximum atomic E-state index is 12.1. The highest BCUT2D eigenvalue weighted by Gasteiger charge is 2.24. The number of pyridine rings is 2. The Bertz CT molecular complexity index is 3480. The fourth-order valence-corrected chi connectivity index (χ4v) is 6.61. The van der Waals surface area contributed by atoms with Crippen LogP contribution < -0.4 is 5.32 Å². The van der Waals surface area contributed by atoms with E-state index in [-0.39, 0.29) is 71.3 Å². The number of oxazole rings is 7. The Labute approximate surface area is 449 Å². The molecule has 77 heavy (non-hydrogen) atoms. The molecule has 27 nitrogen and oxygen atoms in total. The van der Waals surface area contributed by atoms with E-state index in [0.29, 0.717) is 57.5 Å². The van der Waals surface area contributed by atoms with Gasteiger partial charge in [0.1, 0.15) is 55.2 Å². The molecule has 0 aliphatic heterocycles. The minimum Gasteiger partial charge on any atom is -0.443 e. The molecule has 0 aliphatic carbocycles.